The predicted molar refractivity (Wildman–Crippen MR) is 111 cm³/mol. The molecule has 2 aromatic rings. The third kappa shape index (κ3) is 3.23. The first-order chi connectivity index (χ1) is 14.0. The number of urea groups is 1. The number of benzene rings is 2. The fraction of sp³-hybridized carbons (Fsp3) is 0.348. The molecule has 2 aromatic carbocycles. The van der Waals surface area contributed by atoms with Crippen LogP contribution in [0.4, 0.5) is 4.79 Å². The van der Waals surface area contributed by atoms with Crippen molar-refractivity contribution in [2.24, 2.45) is 0 Å². The lowest BCUT2D eigenvalue weighted by Gasteiger charge is -2.38. The molecule has 150 valence electrons. The minimum absolute atomic E-state index is 0.155. The minimum Gasteiger partial charge on any atom is -0.341 e. The Bertz CT molecular complexity index is 920. The van der Waals surface area contributed by atoms with Crippen molar-refractivity contribution in [3.8, 4) is 6.07 Å². The molecule has 2 unspecified atom stereocenters. The molecule has 0 bridgehead atoms. The van der Waals surface area contributed by atoms with Crippen LogP contribution in [0.3, 0.4) is 0 Å². The van der Waals surface area contributed by atoms with Gasteiger partial charge in [-0.25, -0.2) is 4.79 Å². The second-order valence-electron chi connectivity index (χ2n) is 7.23. The number of hydrogen-bond acceptors (Lipinski definition) is 3. The Morgan fingerprint density at radius 1 is 1.14 bits per heavy atom. The molecular formula is C23H26N4O2. The van der Waals surface area contributed by atoms with Gasteiger partial charge in [-0.05, 0) is 36.1 Å². The van der Waals surface area contributed by atoms with E-state index in [0.717, 1.165) is 18.4 Å². The van der Waals surface area contributed by atoms with Crippen molar-refractivity contribution in [2.45, 2.75) is 37.9 Å². The molecule has 1 aliphatic rings. The van der Waals surface area contributed by atoms with Gasteiger partial charge in [0, 0.05) is 14.1 Å². The first kappa shape index (κ1) is 20.4. The van der Waals surface area contributed by atoms with E-state index in [2.05, 4.69) is 18.3 Å². The maximum absolute atomic E-state index is 13.8. The minimum atomic E-state index is -1.29. The van der Waals surface area contributed by atoms with Gasteiger partial charge in [0.2, 0.25) is 0 Å². The first-order valence-corrected chi connectivity index (χ1v) is 9.86. The quantitative estimate of drug-likeness (QED) is 0.850. The van der Waals surface area contributed by atoms with Gasteiger partial charge >= 0.3 is 6.03 Å². The molecule has 2 atom stereocenters. The zero-order valence-electron chi connectivity index (χ0n) is 17.1. The summed E-state index contributed by atoms with van der Waals surface area (Å²) in [6.07, 6.45) is 2.19. The molecule has 0 saturated carbocycles. The lowest BCUT2D eigenvalue weighted by molar-refractivity contribution is -0.131. The third-order valence-electron chi connectivity index (χ3n) is 5.61. The molecule has 1 fully saturated rings. The van der Waals surface area contributed by atoms with Gasteiger partial charge in [-0.3, -0.25) is 9.69 Å². The van der Waals surface area contributed by atoms with E-state index in [-0.39, 0.29) is 18.1 Å². The molecule has 1 saturated heterocycles. The molecular weight excluding hydrogens is 364 g/mol. The van der Waals surface area contributed by atoms with E-state index in [1.165, 1.54) is 0 Å². The zero-order valence-corrected chi connectivity index (χ0v) is 17.1. The highest BCUT2D eigenvalue weighted by molar-refractivity contribution is 5.98. The number of carbonyl (C=O) groups excluding carboxylic acids is 2. The van der Waals surface area contributed by atoms with Crippen molar-refractivity contribution in [1.82, 2.24) is 15.1 Å². The lowest BCUT2D eigenvalue weighted by atomic mass is 9.81. The molecule has 1 N–H and O–H groups in total. The number of amides is 3. The van der Waals surface area contributed by atoms with Crippen LogP contribution in [0, 0.1) is 11.3 Å². The summed E-state index contributed by atoms with van der Waals surface area (Å²) in [5, 5.41) is 11.9. The van der Waals surface area contributed by atoms with Gasteiger partial charge in [-0.2, -0.15) is 5.26 Å². The maximum atomic E-state index is 13.8. The second-order valence-corrected chi connectivity index (χ2v) is 7.23. The molecule has 1 heterocycles. The van der Waals surface area contributed by atoms with E-state index < -0.39 is 5.54 Å². The summed E-state index contributed by atoms with van der Waals surface area (Å²) in [7, 11) is 3.34. The van der Waals surface area contributed by atoms with E-state index in [1.807, 2.05) is 30.3 Å². The number of unbranched alkanes of at least 4 members (excludes halogenated alkanes) is 1. The summed E-state index contributed by atoms with van der Waals surface area (Å²) in [5.41, 5.74) is 0.610. The fourth-order valence-electron chi connectivity index (χ4n) is 4.17. The highest BCUT2D eigenvalue weighted by atomic mass is 16.2. The Morgan fingerprint density at radius 2 is 1.76 bits per heavy atom. The molecule has 0 radical (unpaired) electrons. The number of carbonyl (C=O) groups is 2. The van der Waals surface area contributed by atoms with Gasteiger partial charge in [-0.15, -0.1) is 0 Å². The third-order valence-corrected chi connectivity index (χ3v) is 5.61. The van der Waals surface area contributed by atoms with Crippen LogP contribution in [0.25, 0.3) is 0 Å². The van der Waals surface area contributed by atoms with E-state index in [0.29, 0.717) is 17.5 Å². The fourth-order valence-corrected chi connectivity index (χ4v) is 4.17. The number of nitrogens with one attached hydrogen (secondary N) is 1. The van der Waals surface area contributed by atoms with Crippen LogP contribution in [0.1, 0.15) is 42.9 Å². The average molecular weight is 390 g/mol. The van der Waals surface area contributed by atoms with E-state index in [9.17, 15) is 14.9 Å². The highest BCUT2D eigenvalue weighted by Gasteiger charge is 2.60. The Kier molecular flexibility index (Phi) is 5.88. The summed E-state index contributed by atoms with van der Waals surface area (Å²) < 4.78 is 0. The summed E-state index contributed by atoms with van der Waals surface area (Å²) in [6, 6.07) is 18.1. The van der Waals surface area contributed by atoms with Gasteiger partial charge in [0.05, 0.1) is 11.6 Å². The monoisotopic (exact) mass is 390 g/mol. The summed E-state index contributed by atoms with van der Waals surface area (Å²) in [4.78, 5) is 30.3. The average Bonchev–Trinajstić information content (AvgIpc) is 3.00. The van der Waals surface area contributed by atoms with Crippen molar-refractivity contribution in [3.05, 3.63) is 71.3 Å². The highest BCUT2D eigenvalue weighted by Crippen LogP contribution is 2.45. The summed E-state index contributed by atoms with van der Waals surface area (Å²) >= 11 is 0. The van der Waals surface area contributed by atoms with Gasteiger partial charge in [0.25, 0.3) is 5.91 Å². The molecule has 0 aromatic heterocycles. The maximum Gasteiger partial charge on any atom is 0.320 e. The molecule has 29 heavy (non-hydrogen) atoms. The van der Waals surface area contributed by atoms with Crippen LogP contribution in [0.5, 0.6) is 0 Å². The normalized spacial score (nSPS) is 21.2. The largest absolute Gasteiger partial charge is 0.341 e. The number of hydrogen-bond donors (Lipinski definition) is 1. The van der Waals surface area contributed by atoms with Crippen LogP contribution in [0.15, 0.2) is 54.6 Å². The van der Waals surface area contributed by atoms with Crippen LogP contribution >= 0.6 is 0 Å². The van der Waals surface area contributed by atoms with Crippen LogP contribution in [-0.4, -0.2) is 42.0 Å². The van der Waals surface area contributed by atoms with E-state index in [4.69, 9.17) is 0 Å². The Labute approximate surface area is 171 Å². The summed E-state index contributed by atoms with van der Waals surface area (Å²) in [6.45, 7) is 2.09. The second kappa shape index (κ2) is 8.36. The van der Waals surface area contributed by atoms with E-state index >= 15 is 0 Å². The Balaban J connectivity index is 2.30. The van der Waals surface area contributed by atoms with Crippen LogP contribution < -0.4 is 5.32 Å². The van der Waals surface area contributed by atoms with Gasteiger partial charge in [0.1, 0.15) is 6.17 Å². The Hall–Kier alpha value is -3.33. The summed E-state index contributed by atoms with van der Waals surface area (Å²) in [5.74, 6) is -0.155. The van der Waals surface area contributed by atoms with E-state index in [1.54, 1.807) is 48.2 Å². The standard InChI is InChI=1S/C23H26N4O2/c1-4-5-11-20-26(3)21(28)23(27(20)22(29)25-2,18-9-7-6-8-10-18)19-14-12-17(16-24)13-15-19/h6-10,12-15,20H,4-5,11H2,1-3H3,(H,25,29). The molecule has 3 amide bonds. The molecule has 0 spiro atoms. The van der Waals surface area contributed by atoms with Crippen molar-refractivity contribution in [3.63, 3.8) is 0 Å². The smallest absolute Gasteiger partial charge is 0.320 e. The number of nitrogens with zero attached hydrogens (tertiary/aromatic N) is 3. The SMILES string of the molecule is CCCCC1N(C)C(=O)C(c2ccccc2)(c2ccc(C#N)cc2)N1C(=O)NC. The predicted octanol–water partition coefficient (Wildman–Crippen LogP) is 3.43. The van der Waals surface area contributed by atoms with Gasteiger partial charge in [-0.1, -0.05) is 55.8 Å². The van der Waals surface area contributed by atoms with Crippen molar-refractivity contribution < 1.29 is 9.59 Å². The lowest BCUT2D eigenvalue weighted by Crippen LogP contribution is -2.54. The zero-order chi connectivity index (χ0) is 21.0. The topological polar surface area (TPSA) is 76.4 Å². The van der Waals surface area contributed by atoms with Gasteiger partial charge in [0.15, 0.2) is 5.54 Å². The number of likely N-dealkylation sites (N-methyl/N-ethyl adjacent to an activating group) is 1. The Morgan fingerprint density at radius 3 is 2.31 bits per heavy atom. The van der Waals surface area contributed by atoms with Crippen molar-refractivity contribution in [1.29, 1.82) is 5.26 Å². The van der Waals surface area contributed by atoms with Crippen LogP contribution in [0.2, 0.25) is 0 Å². The number of rotatable bonds is 5. The molecule has 6 nitrogen and oxygen atoms in total. The molecule has 3 rings (SSSR count). The first-order valence-electron chi connectivity index (χ1n) is 9.86. The molecule has 0 aliphatic carbocycles. The molecule has 1 aliphatic heterocycles. The van der Waals surface area contributed by atoms with Crippen molar-refractivity contribution >= 4 is 11.9 Å². The number of nitriles is 1. The molecule has 6 heteroatoms. The van der Waals surface area contributed by atoms with Crippen LogP contribution in [-0.2, 0) is 10.3 Å². The van der Waals surface area contributed by atoms with Gasteiger partial charge < -0.3 is 10.2 Å². The van der Waals surface area contributed by atoms with Crippen molar-refractivity contribution in [2.75, 3.05) is 14.1 Å².